The maximum absolute atomic E-state index is 13.1. The number of benzene rings is 2. The molecule has 174 valence electrons. The van der Waals surface area contributed by atoms with Gasteiger partial charge in [-0.05, 0) is 42.7 Å². The predicted molar refractivity (Wildman–Crippen MR) is 130 cm³/mol. The zero-order valence-electron chi connectivity index (χ0n) is 18.2. The standard InChI is InChI=1S/C24H22FN5O2S2/c25-17-8-10-18(11-9-17)27-22(31)23-29-28-21(34-23)15-33-24-26-13-20(16-5-2-1-3-6-16)30(24)14-19-7-4-12-32-19/h1-3,5-6,8-11,13,19H,4,7,12,14-15H2,(H,27,31). The van der Waals surface area contributed by atoms with Crippen molar-refractivity contribution in [3.05, 3.63) is 76.6 Å². The third kappa shape index (κ3) is 5.35. The van der Waals surface area contributed by atoms with Crippen LogP contribution in [0.4, 0.5) is 10.1 Å². The maximum atomic E-state index is 13.1. The molecule has 1 N–H and O–H groups in total. The van der Waals surface area contributed by atoms with Crippen LogP contribution in [0.1, 0.15) is 27.7 Å². The van der Waals surface area contributed by atoms with Crippen molar-refractivity contribution < 1.29 is 13.9 Å². The molecule has 5 rings (SSSR count). The van der Waals surface area contributed by atoms with Gasteiger partial charge in [0.05, 0.1) is 30.3 Å². The number of carbonyl (C=O) groups excluding carboxylic acids is 1. The fourth-order valence-electron chi connectivity index (χ4n) is 3.73. The SMILES string of the molecule is O=C(Nc1ccc(F)cc1)c1nnc(CSc2ncc(-c3ccccc3)n2CC2CCCO2)s1. The van der Waals surface area contributed by atoms with E-state index >= 15 is 0 Å². The van der Waals surface area contributed by atoms with Crippen molar-refractivity contribution in [1.82, 2.24) is 19.7 Å². The first-order valence-electron chi connectivity index (χ1n) is 10.9. The number of hydrogen-bond donors (Lipinski definition) is 1. The molecule has 3 heterocycles. The van der Waals surface area contributed by atoms with Crippen molar-refractivity contribution in [1.29, 1.82) is 0 Å². The van der Waals surface area contributed by atoms with Gasteiger partial charge >= 0.3 is 0 Å². The summed E-state index contributed by atoms with van der Waals surface area (Å²) in [6, 6.07) is 15.8. The van der Waals surface area contributed by atoms with Gasteiger partial charge in [-0.15, -0.1) is 10.2 Å². The molecule has 1 unspecified atom stereocenters. The molecule has 4 aromatic rings. The minimum absolute atomic E-state index is 0.180. The molecule has 34 heavy (non-hydrogen) atoms. The van der Waals surface area contributed by atoms with E-state index in [1.807, 2.05) is 24.4 Å². The molecule has 1 aliphatic rings. The van der Waals surface area contributed by atoms with Gasteiger partial charge in [0.1, 0.15) is 10.8 Å². The number of imidazole rings is 1. The quantitative estimate of drug-likeness (QED) is 0.336. The lowest BCUT2D eigenvalue weighted by Gasteiger charge is -2.16. The van der Waals surface area contributed by atoms with Crippen LogP contribution in [-0.4, -0.2) is 38.4 Å². The Morgan fingerprint density at radius 1 is 1.18 bits per heavy atom. The van der Waals surface area contributed by atoms with Crippen molar-refractivity contribution in [3.8, 4) is 11.3 Å². The lowest BCUT2D eigenvalue weighted by atomic mass is 10.1. The van der Waals surface area contributed by atoms with Crippen LogP contribution in [-0.2, 0) is 17.0 Å². The summed E-state index contributed by atoms with van der Waals surface area (Å²) >= 11 is 2.79. The van der Waals surface area contributed by atoms with E-state index < -0.39 is 0 Å². The van der Waals surface area contributed by atoms with Crippen LogP contribution < -0.4 is 5.32 Å². The predicted octanol–water partition coefficient (Wildman–Crippen LogP) is 5.26. The number of ether oxygens (including phenoxy) is 1. The number of carbonyl (C=O) groups is 1. The third-order valence-electron chi connectivity index (χ3n) is 5.39. The Labute approximate surface area is 204 Å². The lowest BCUT2D eigenvalue weighted by molar-refractivity contribution is 0.0953. The van der Waals surface area contributed by atoms with Crippen LogP contribution in [0.3, 0.4) is 0 Å². The number of amides is 1. The van der Waals surface area contributed by atoms with Gasteiger partial charge < -0.3 is 14.6 Å². The van der Waals surface area contributed by atoms with E-state index in [0.29, 0.717) is 11.4 Å². The fraction of sp³-hybridized carbons (Fsp3) is 0.250. The van der Waals surface area contributed by atoms with Gasteiger partial charge in [0.25, 0.3) is 5.91 Å². The molecule has 1 aliphatic heterocycles. The first-order valence-corrected chi connectivity index (χ1v) is 12.7. The normalized spacial score (nSPS) is 15.5. The van der Waals surface area contributed by atoms with Crippen LogP contribution in [0.5, 0.6) is 0 Å². The molecule has 7 nitrogen and oxygen atoms in total. The maximum Gasteiger partial charge on any atom is 0.286 e. The smallest absolute Gasteiger partial charge is 0.286 e. The van der Waals surface area contributed by atoms with Crippen LogP contribution in [0.25, 0.3) is 11.3 Å². The third-order valence-corrected chi connectivity index (χ3v) is 7.49. The van der Waals surface area contributed by atoms with Gasteiger partial charge in [0.15, 0.2) is 5.16 Å². The highest BCUT2D eigenvalue weighted by atomic mass is 32.2. The molecule has 0 saturated carbocycles. The largest absolute Gasteiger partial charge is 0.376 e. The van der Waals surface area contributed by atoms with E-state index in [1.54, 1.807) is 11.8 Å². The minimum atomic E-state index is -0.369. The average Bonchev–Trinajstić information content (AvgIpc) is 3.62. The Hall–Kier alpha value is -3.08. The Morgan fingerprint density at radius 2 is 2.00 bits per heavy atom. The second kappa shape index (κ2) is 10.5. The van der Waals surface area contributed by atoms with Gasteiger partial charge in [0.2, 0.25) is 5.01 Å². The number of rotatable bonds is 8. The number of thioether (sulfide) groups is 1. The van der Waals surface area contributed by atoms with E-state index in [0.717, 1.165) is 47.4 Å². The molecule has 0 radical (unpaired) electrons. The summed E-state index contributed by atoms with van der Waals surface area (Å²) in [5.41, 5.74) is 2.66. The molecular formula is C24H22FN5O2S2. The monoisotopic (exact) mass is 495 g/mol. The summed E-state index contributed by atoms with van der Waals surface area (Å²) in [5.74, 6) is -0.189. The van der Waals surface area contributed by atoms with Crippen LogP contribution >= 0.6 is 23.1 Å². The molecule has 1 atom stereocenters. The molecule has 0 spiro atoms. The Kier molecular flexibility index (Phi) is 6.98. The Bertz CT molecular complexity index is 1250. The molecule has 2 aromatic carbocycles. The first kappa shape index (κ1) is 22.7. The summed E-state index contributed by atoms with van der Waals surface area (Å²) in [6.07, 6.45) is 4.20. The van der Waals surface area contributed by atoms with Crippen molar-refractivity contribution in [2.45, 2.75) is 36.4 Å². The zero-order chi connectivity index (χ0) is 23.3. The van der Waals surface area contributed by atoms with E-state index in [4.69, 9.17) is 4.74 Å². The minimum Gasteiger partial charge on any atom is -0.376 e. The van der Waals surface area contributed by atoms with Gasteiger partial charge in [-0.1, -0.05) is 53.4 Å². The summed E-state index contributed by atoms with van der Waals surface area (Å²) in [4.78, 5) is 17.1. The zero-order valence-corrected chi connectivity index (χ0v) is 19.8. The van der Waals surface area contributed by atoms with Crippen LogP contribution in [0.15, 0.2) is 66.0 Å². The molecular weight excluding hydrogens is 473 g/mol. The number of nitrogens with one attached hydrogen (secondary N) is 1. The van der Waals surface area contributed by atoms with Crippen LogP contribution in [0.2, 0.25) is 0 Å². The van der Waals surface area contributed by atoms with Gasteiger partial charge in [-0.2, -0.15) is 0 Å². The number of nitrogens with zero attached hydrogens (tertiary/aromatic N) is 4. The highest BCUT2D eigenvalue weighted by Gasteiger charge is 2.21. The second-order valence-electron chi connectivity index (χ2n) is 7.79. The Morgan fingerprint density at radius 3 is 2.76 bits per heavy atom. The Balaban J connectivity index is 1.28. The number of aromatic nitrogens is 4. The summed E-state index contributed by atoms with van der Waals surface area (Å²) < 4.78 is 21.1. The van der Waals surface area contributed by atoms with Crippen molar-refractivity contribution in [2.75, 3.05) is 11.9 Å². The van der Waals surface area contributed by atoms with Crippen molar-refractivity contribution >= 4 is 34.7 Å². The van der Waals surface area contributed by atoms with Crippen LogP contribution in [0, 0.1) is 5.82 Å². The summed E-state index contributed by atoms with van der Waals surface area (Å²) in [6.45, 7) is 1.55. The lowest BCUT2D eigenvalue weighted by Crippen LogP contribution is -2.16. The topological polar surface area (TPSA) is 81.9 Å². The highest BCUT2D eigenvalue weighted by Crippen LogP contribution is 2.30. The first-order chi connectivity index (χ1) is 16.7. The van der Waals surface area contributed by atoms with Gasteiger partial charge in [0, 0.05) is 12.3 Å². The van der Waals surface area contributed by atoms with Crippen molar-refractivity contribution in [2.24, 2.45) is 0 Å². The van der Waals surface area contributed by atoms with Gasteiger partial charge in [-0.25, -0.2) is 9.37 Å². The van der Waals surface area contributed by atoms with Crippen molar-refractivity contribution in [3.63, 3.8) is 0 Å². The fourth-order valence-corrected chi connectivity index (χ4v) is 5.44. The van der Waals surface area contributed by atoms with Gasteiger partial charge in [-0.3, -0.25) is 4.79 Å². The molecule has 2 aromatic heterocycles. The number of halogens is 1. The van der Waals surface area contributed by atoms with E-state index in [9.17, 15) is 9.18 Å². The average molecular weight is 496 g/mol. The molecule has 0 aliphatic carbocycles. The molecule has 10 heteroatoms. The molecule has 1 fully saturated rings. The molecule has 1 saturated heterocycles. The number of hydrogen-bond acceptors (Lipinski definition) is 7. The van der Waals surface area contributed by atoms with E-state index in [1.165, 1.54) is 35.6 Å². The summed E-state index contributed by atoms with van der Waals surface area (Å²) in [7, 11) is 0. The number of anilines is 1. The van der Waals surface area contributed by atoms with E-state index in [-0.39, 0.29) is 22.8 Å². The highest BCUT2D eigenvalue weighted by molar-refractivity contribution is 7.98. The molecule has 0 bridgehead atoms. The van der Waals surface area contributed by atoms with E-state index in [2.05, 4.69) is 37.2 Å². The summed E-state index contributed by atoms with van der Waals surface area (Å²) in [5, 5.41) is 12.8. The second-order valence-corrected chi connectivity index (χ2v) is 9.79. The molecule has 1 amide bonds.